The Morgan fingerprint density at radius 2 is 2.19 bits per heavy atom. The van der Waals surface area contributed by atoms with Crippen molar-refractivity contribution in [2.45, 2.75) is 19.9 Å². The van der Waals surface area contributed by atoms with Crippen LogP contribution in [-0.2, 0) is 9.53 Å². The van der Waals surface area contributed by atoms with Crippen molar-refractivity contribution < 1.29 is 19.4 Å². The molecule has 1 aromatic carbocycles. The van der Waals surface area contributed by atoms with Gasteiger partial charge >= 0.3 is 12.0 Å². The molecule has 0 aromatic heterocycles. The summed E-state index contributed by atoms with van der Waals surface area (Å²) in [5.41, 5.74) is 1.52. The fourth-order valence-electron chi connectivity index (χ4n) is 2.26. The van der Waals surface area contributed by atoms with Crippen molar-refractivity contribution in [2.24, 2.45) is 0 Å². The van der Waals surface area contributed by atoms with Crippen LogP contribution >= 0.6 is 0 Å². The molecule has 2 rings (SSSR count). The Kier molecular flexibility index (Phi) is 4.16. The molecule has 6 heteroatoms. The molecule has 1 heterocycles. The number of benzene rings is 1. The highest BCUT2D eigenvalue weighted by molar-refractivity contribution is 5.95. The zero-order chi connectivity index (χ0) is 15.6. The molecule has 0 bridgehead atoms. The van der Waals surface area contributed by atoms with Gasteiger partial charge in [-0.15, -0.1) is 0 Å². The highest BCUT2D eigenvalue weighted by Gasteiger charge is 2.34. The number of ether oxygens (including phenoxy) is 1. The summed E-state index contributed by atoms with van der Waals surface area (Å²) in [6.45, 7) is 3.67. The standard InChI is InChI=1S/C15H18N2O4/c1-4-21-14(19)12-9(2)17(3)15(20)16-13(12)10-6-5-7-11(18)8-10/h5-8,13,18H,4H2,1-3H3,(H,16,20)/t13-/m1/s1. The molecule has 0 aliphatic carbocycles. The van der Waals surface area contributed by atoms with E-state index in [4.69, 9.17) is 4.74 Å². The van der Waals surface area contributed by atoms with Gasteiger partial charge in [0.05, 0.1) is 18.2 Å². The number of aromatic hydroxyl groups is 1. The third-order valence-electron chi connectivity index (χ3n) is 3.45. The van der Waals surface area contributed by atoms with Crippen molar-refractivity contribution in [3.8, 4) is 5.75 Å². The normalized spacial score (nSPS) is 18.5. The van der Waals surface area contributed by atoms with Gasteiger partial charge in [-0.1, -0.05) is 12.1 Å². The van der Waals surface area contributed by atoms with Gasteiger partial charge in [0.2, 0.25) is 0 Å². The van der Waals surface area contributed by atoms with Crippen LogP contribution in [0.15, 0.2) is 35.5 Å². The second-order valence-electron chi connectivity index (χ2n) is 4.76. The van der Waals surface area contributed by atoms with Crippen LogP contribution in [0, 0.1) is 0 Å². The van der Waals surface area contributed by atoms with Crippen LogP contribution in [0.5, 0.6) is 5.75 Å². The second-order valence-corrected chi connectivity index (χ2v) is 4.76. The number of esters is 1. The molecule has 0 saturated carbocycles. The van der Waals surface area contributed by atoms with Crippen molar-refractivity contribution in [3.63, 3.8) is 0 Å². The smallest absolute Gasteiger partial charge is 0.338 e. The predicted molar refractivity (Wildman–Crippen MR) is 76.5 cm³/mol. The molecule has 0 unspecified atom stereocenters. The van der Waals surface area contributed by atoms with E-state index in [2.05, 4.69) is 5.32 Å². The number of hydrogen-bond donors (Lipinski definition) is 2. The quantitative estimate of drug-likeness (QED) is 0.834. The molecular formula is C15H18N2O4. The van der Waals surface area contributed by atoms with E-state index in [1.54, 1.807) is 33.0 Å². The number of phenolic OH excluding ortho intramolecular Hbond substituents is 1. The maximum Gasteiger partial charge on any atom is 0.338 e. The molecule has 1 aliphatic rings. The van der Waals surface area contributed by atoms with Gasteiger partial charge in [-0.3, -0.25) is 0 Å². The molecule has 112 valence electrons. The Bertz CT molecular complexity index is 609. The minimum atomic E-state index is -0.639. The minimum absolute atomic E-state index is 0.0709. The Morgan fingerprint density at radius 1 is 1.48 bits per heavy atom. The summed E-state index contributed by atoms with van der Waals surface area (Å²) in [5.74, 6) is -0.406. The lowest BCUT2D eigenvalue weighted by Crippen LogP contribution is -2.46. The zero-order valence-electron chi connectivity index (χ0n) is 12.2. The molecule has 2 amide bonds. The van der Waals surface area contributed by atoms with E-state index in [0.717, 1.165) is 0 Å². The molecule has 0 saturated heterocycles. The van der Waals surface area contributed by atoms with Crippen LogP contribution in [0.25, 0.3) is 0 Å². The van der Waals surface area contributed by atoms with Crippen molar-refractivity contribution in [1.29, 1.82) is 0 Å². The average Bonchev–Trinajstić information content (AvgIpc) is 2.44. The molecule has 1 atom stereocenters. The molecular weight excluding hydrogens is 272 g/mol. The zero-order valence-corrected chi connectivity index (χ0v) is 12.2. The predicted octanol–water partition coefficient (Wildman–Crippen LogP) is 1.93. The summed E-state index contributed by atoms with van der Waals surface area (Å²) >= 11 is 0. The Labute approximate surface area is 123 Å². The maximum atomic E-state index is 12.2. The van der Waals surface area contributed by atoms with E-state index in [0.29, 0.717) is 16.8 Å². The lowest BCUT2D eigenvalue weighted by Gasteiger charge is -2.33. The summed E-state index contributed by atoms with van der Waals surface area (Å²) < 4.78 is 5.08. The summed E-state index contributed by atoms with van der Waals surface area (Å²) in [6.07, 6.45) is 0. The van der Waals surface area contributed by atoms with Gasteiger partial charge in [-0.2, -0.15) is 0 Å². The summed E-state index contributed by atoms with van der Waals surface area (Å²) in [5, 5.41) is 12.3. The van der Waals surface area contributed by atoms with Crippen molar-refractivity contribution in [3.05, 3.63) is 41.1 Å². The van der Waals surface area contributed by atoms with E-state index >= 15 is 0 Å². The van der Waals surface area contributed by atoms with E-state index < -0.39 is 12.0 Å². The van der Waals surface area contributed by atoms with Crippen molar-refractivity contribution >= 4 is 12.0 Å². The molecule has 6 nitrogen and oxygen atoms in total. The minimum Gasteiger partial charge on any atom is -0.508 e. The van der Waals surface area contributed by atoms with Gasteiger partial charge in [0.25, 0.3) is 0 Å². The van der Waals surface area contributed by atoms with Gasteiger partial charge in [0.15, 0.2) is 0 Å². The lowest BCUT2D eigenvalue weighted by molar-refractivity contribution is -0.139. The Hall–Kier alpha value is -2.50. The number of carbonyl (C=O) groups excluding carboxylic acids is 2. The number of hydrogen-bond acceptors (Lipinski definition) is 4. The topological polar surface area (TPSA) is 78.9 Å². The first-order chi connectivity index (χ1) is 9.95. The van der Waals surface area contributed by atoms with Crippen LogP contribution < -0.4 is 5.32 Å². The monoisotopic (exact) mass is 290 g/mol. The number of rotatable bonds is 3. The van der Waals surface area contributed by atoms with E-state index in [1.165, 1.54) is 17.0 Å². The SMILES string of the molecule is CCOC(=O)C1=C(C)N(C)C(=O)N[C@@H]1c1cccc(O)c1. The fraction of sp³-hybridized carbons (Fsp3) is 0.333. The van der Waals surface area contributed by atoms with Crippen LogP contribution in [0.2, 0.25) is 0 Å². The van der Waals surface area contributed by atoms with Crippen LogP contribution in [0.1, 0.15) is 25.5 Å². The number of carbonyl (C=O) groups is 2. The summed E-state index contributed by atoms with van der Waals surface area (Å²) in [4.78, 5) is 25.5. The first-order valence-corrected chi connectivity index (χ1v) is 6.66. The molecule has 21 heavy (non-hydrogen) atoms. The molecule has 1 aromatic rings. The highest BCUT2D eigenvalue weighted by atomic mass is 16.5. The highest BCUT2D eigenvalue weighted by Crippen LogP contribution is 2.31. The molecule has 0 spiro atoms. The van der Waals surface area contributed by atoms with E-state index in [1.807, 2.05) is 0 Å². The molecule has 1 aliphatic heterocycles. The Balaban J connectivity index is 2.51. The second kappa shape index (κ2) is 5.87. The number of nitrogens with zero attached hydrogens (tertiary/aromatic N) is 1. The lowest BCUT2D eigenvalue weighted by atomic mass is 9.95. The van der Waals surface area contributed by atoms with Gasteiger partial charge in [0, 0.05) is 12.7 Å². The van der Waals surface area contributed by atoms with Gasteiger partial charge in [0.1, 0.15) is 5.75 Å². The van der Waals surface area contributed by atoms with Gasteiger partial charge in [-0.25, -0.2) is 9.59 Å². The summed E-state index contributed by atoms with van der Waals surface area (Å²) in [6, 6.07) is 5.49. The average molecular weight is 290 g/mol. The number of amides is 2. The van der Waals surface area contributed by atoms with Crippen LogP contribution in [-0.4, -0.2) is 35.7 Å². The third kappa shape index (κ3) is 2.84. The van der Waals surface area contributed by atoms with Gasteiger partial charge < -0.3 is 20.1 Å². The van der Waals surface area contributed by atoms with Crippen LogP contribution in [0.3, 0.4) is 0 Å². The number of urea groups is 1. The van der Waals surface area contributed by atoms with Crippen molar-refractivity contribution in [2.75, 3.05) is 13.7 Å². The Morgan fingerprint density at radius 3 is 2.81 bits per heavy atom. The number of allylic oxidation sites excluding steroid dienone is 1. The molecule has 0 radical (unpaired) electrons. The maximum absolute atomic E-state index is 12.2. The largest absolute Gasteiger partial charge is 0.508 e. The molecule has 0 fully saturated rings. The van der Waals surface area contributed by atoms with E-state index in [-0.39, 0.29) is 18.4 Å². The first-order valence-electron chi connectivity index (χ1n) is 6.66. The van der Waals surface area contributed by atoms with Crippen molar-refractivity contribution in [1.82, 2.24) is 10.2 Å². The molecule has 2 N–H and O–H groups in total. The summed E-state index contributed by atoms with van der Waals surface area (Å²) in [7, 11) is 1.59. The number of nitrogens with one attached hydrogen (secondary N) is 1. The van der Waals surface area contributed by atoms with Gasteiger partial charge in [-0.05, 0) is 31.5 Å². The fourth-order valence-corrected chi connectivity index (χ4v) is 2.26. The van der Waals surface area contributed by atoms with E-state index in [9.17, 15) is 14.7 Å². The number of phenols is 1. The third-order valence-corrected chi connectivity index (χ3v) is 3.45. The first kappa shape index (κ1) is 14.9. The van der Waals surface area contributed by atoms with Crippen LogP contribution in [0.4, 0.5) is 4.79 Å².